The summed E-state index contributed by atoms with van der Waals surface area (Å²) < 4.78 is 10.3. The van der Waals surface area contributed by atoms with E-state index in [-0.39, 0.29) is 16.8 Å². The van der Waals surface area contributed by atoms with Gasteiger partial charge in [0.05, 0.1) is 36.5 Å². The van der Waals surface area contributed by atoms with Crippen LogP contribution in [0.15, 0.2) is 18.2 Å². The number of carbonyl (C=O) groups is 1. The molecule has 160 valence electrons. The van der Waals surface area contributed by atoms with Crippen LogP contribution in [0.25, 0.3) is 0 Å². The van der Waals surface area contributed by atoms with Gasteiger partial charge in [0.2, 0.25) is 0 Å². The highest BCUT2D eigenvalue weighted by Crippen LogP contribution is 2.38. The summed E-state index contributed by atoms with van der Waals surface area (Å²) in [6, 6.07) is 4.21. The number of benzene rings is 1. The molecule has 0 saturated carbocycles. The van der Waals surface area contributed by atoms with E-state index in [1.54, 1.807) is 0 Å². The number of nitro benzene ring substituents is 1. The summed E-state index contributed by atoms with van der Waals surface area (Å²) >= 11 is 6.95. The number of hydrogen-bond donors (Lipinski definition) is 2. The number of nitrogens with zero attached hydrogens (tertiary/aromatic N) is 1. The molecule has 0 radical (unpaired) electrons. The fourth-order valence-electron chi connectivity index (χ4n) is 3.48. The fourth-order valence-corrected chi connectivity index (χ4v) is 5.04. The molecule has 1 aliphatic carbocycles. The average Bonchev–Trinajstić information content (AvgIpc) is 3.03. The van der Waals surface area contributed by atoms with Crippen LogP contribution < -0.4 is 15.4 Å². The zero-order valence-corrected chi connectivity index (χ0v) is 18.4. The lowest BCUT2D eigenvalue weighted by atomic mass is 9.96. The number of thiocarbonyl (C=S) groups is 1. The molecule has 1 heterocycles. The van der Waals surface area contributed by atoms with E-state index in [1.807, 2.05) is 0 Å². The molecule has 0 aliphatic heterocycles. The van der Waals surface area contributed by atoms with Gasteiger partial charge in [0.15, 0.2) is 5.11 Å². The SMILES string of the molecule is COC(=O)c1c(NC(=S)Nc2ccc([N+](=O)[O-])cc2OC)sc2c1CCCCCC2. The molecular formula is C20H23N3O5S2. The van der Waals surface area contributed by atoms with Gasteiger partial charge in [-0.25, -0.2) is 4.79 Å². The number of esters is 1. The van der Waals surface area contributed by atoms with Gasteiger partial charge in [-0.1, -0.05) is 12.8 Å². The molecule has 2 aromatic rings. The summed E-state index contributed by atoms with van der Waals surface area (Å²) in [5.74, 6) is -0.0914. The van der Waals surface area contributed by atoms with Crippen molar-refractivity contribution in [2.75, 3.05) is 24.9 Å². The number of aryl methyl sites for hydroxylation is 1. The lowest BCUT2D eigenvalue weighted by Gasteiger charge is -2.13. The summed E-state index contributed by atoms with van der Waals surface area (Å²) in [6.45, 7) is 0. The monoisotopic (exact) mass is 449 g/mol. The summed E-state index contributed by atoms with van der Waals surface area (Å²) in [4.78, 5) is 24.2. The predicted octanol–water partition coefficient (Wildman–Crippen LogP) is 4.92. The number of thiophene rings is 1. The van der Waals surface area contributed by atoms with E-state index in [4.69, 9.17) is 21.7 Å². The van der Waals surface area contributed by atoms with Crippen molar-refractivity contribution in [3.8, 4) is 5.75 Å². The zero-order chi connectivity index (χ0) is 21.7. The number of nitro groups is 1. The highest BCUT2D eigenvalue weighted by atomic mass is 32.1. The van der Waals surface area contributed by atoms with Crippen LogP contribution in [0.1, 0.15) is 46.5 Å². The topological polar surface area (TPSA) is 103 Å². The molecule has 0 unspecified atom stereocenters. The first-order valence-electron chi connectivity index (χ1n) is 9.58. The van der Waals surface area contributed by atoms with Crippen LogP contribution in [0.2, 0.25) is 0 Å². The maximum absolute atomic E-state index is 12.5. The third-order valence-electron chi connectivity index (χ3n) is 4.93. The van der Waals surface area contributed by atoms with E-state index in [2.05, 4.69) is 10.6 Å². The Morgan fingerprint density at radius 1 is 1.17 bits per heavy atom. The van der Waals surface area contributed by atoms with Gasteiger partial charge in [-0.15, -0.1) is 11.3 Å². The van der Waals surface area contributed by atoms with Gasteiger partial charge in [0, 0.05) is 10.9 Å². The molecular weight excluding hydrogens is 426 g/mol. The molecule has 30 heavy (non-hydrogen) atoms. The van der Waals surface area contributed by atoms with E-state index in [0.29, 0.717) is 22.0 Å². The van der Waals surface area contributed by atoms with Gasteiger partial charge < -0.3 is 20.1 Å². The second-order valence-electron chi connectivity index (χ2n) is 6.83. The molecule has 3 rings (SSSR count). The summed E-state index contributed by atoms with van der Waals surface area (Å²) in [5.41, 5.74) is 1.99. The molecule has 1 aromatic carbocycles. The third-order valence-corrected chi connectivity index (χ3v) is 6.34. The van der Waals surface area contributed by atoms with Crippen molar-refractivity contribution < 1.29 is 19.2 Å². The van der Waals surface area contributed by atoms with Crippen molar-refractivity contribution in [3.63, 3.8) is 0 Å². The van der Waals surface area contributed by atoms with E-state index >= 15 is 0 Å². The predicted molar refractivity (Wildman–Crippen MR) is 121 cm³/mol. The minimum absolute atomic E-state index is 0.0812. The van der Waals surface area contributed by atoms with Gasteiger partial charge in [0.25, 0.3) is 5.69 Å². The fraction of sp³-hybridized carbons (Fsp3) is 0.400. The first-order chi connectivity index (χ1) is 14.4. The van der Waals surface area contributed by atoms with Gasteiger partial charge in [-0.3, -0.25) is 10.1 Å². The zero-order valence-electron chi connectivity index (χ0n) is 16.8. The molecule has 2 N–H and O–H groups in total. The number of rotatable bonds is 5. The van der Waals surface area contributed by atoms with E-state index in [1.165, 1.54) is 55.1 Å². The van der Waals surface area contributed by atoms with Crippen molar-refractivity contribution in [2.45, 2.75) is 38.5 Å². The quantitative estimate of drug-likeness (QED) is 0.287. The van der Waals surface area contributed by atoms with Crippen LogP contribution in [0.3, 0.4) is 0 Å². The van der Waals surface area contributed by atoms with Crippen LogP contribution in [0.5, 0.6) is 5.75 Å². The Hall–Kier alpha value is -2.72. The minimum atomic E-state index is -0.493. The first-order valence-corrected chi connectivity index (χ1v) is 10.8. The minimum Gasteiger partial charge on any atom is -0.494 e. The molecule has 0 amide bonds. The normalized spacial score (nSPS) is 13.4. The molecule has 0 bridgehead atoms. The van der Waals surface area contributed by atoms with Crippen molar-refractivity contribution in [2.24, 2.45) is 0 Å². The van der Waals surface area contributed by atoms with E-state index in [9.17, 15) is 14.9 Å². The Morgan fingerprint density at radius 3 is 2.57 bits per heavy atom. The number of ether oxygens (including phenoxy) is 2. The van der Waals surface area contributed by atoms with Gasteiger partial charge in [-0.2, -0.15) is 0 Å². The number of anilines is 2. The van der Waals surface area contributed by atoms with Crippen LogP contribution in [0, 0.1) is 10.1 Å². The van der Waals surface area contributed by atoms with Gasteiger partial charge in [-0.05, 0) is 49.5 Å². The molecule has 0 saturated heterocycles. The molecule has 0 spiro atoms. The second-order valence-corrected chi connectivity index (χ2v) is 8.35. The lowest BCUT2D eigenvalue weighted by molar-refractivity contribution is -0.384. The van der Waals surface area contributed by atoms with Crippen LogP contribution in [-0.4, -0.2) is 30.2 Å². The number of non-ortho nitro benzene ring substituents is 1. The van der Waals surface area contributed by atoms with Crippen molar-refractivity contribution in [3.05, 3.63) is 44.3 Å². The number of carbonyl (C=O) groups excluding carboxylic acids is 1. The maximum Gasteiger partial charge on any atom is 0.341 e. The largest absolute Gasteiger partial charge is 0.494 e. The van der Waals surface area contributed by atoms with Crippen molar-refractivity contribution in [1.29, 1.82) is 0 Å². The van der Waals surface area contributed by atoms with Crippen molar-refractivity contribution >= 4 is 51.0 Å². The first kappa shape index (κ1) is 22.0. The van der Waals surface area contributed by atoms with Crippen LogP contribution in [-0.2, 0) is 17.6 Å². The summed E-state index contributed by atoms with van der Waals surface area (Å²) in [5, 5.41) is 18.0. The van der Waals surface area contributed by atoms with Gasteiger partial charge in [0.1, 0.15) is 10.8 Å². The van der Waals surface area contributed by atoms with Crippen LogP contribution in [0.4, 0.5) is 16.4 Å². The highest BCUT2D eigenvalue weighted by Gasteiger charge is 2.25. The Morgan fingerprint density at radius 2 is 1.90 bits per heavy atom. The van der Waals surface area contributed by atoms with Gasteiger partial charge >= 0.3 is 5.97 Å². The molecule has 8 nitrogen and oxygen atoms in total. The molecule has 10 heteroatoms. The molecule has 1 aromatic heterocycles. The van der Waals surface area contributed by atoms with Crippen LogP contribution >= 0.6 is 23.6 Å². The van der Waals surface area contributed by atoms with Crippen molar-refractivity contribution in [1.82, 2.24) is 0 Å². The Bertz CT molecular complexity index is 974. The Balaban J connectivity index is 1.85. The summed E-state index contributed by atoms with van der Waals surface area (Å²) in [7, 11) is 2.80. The maximum atomic E-state index is 12.5. The van der Waals surface area contributed by atoms with E-state index in [0.717, 1.165) is 37.7 Å². The number of fused-ring (bicyclic) bond motifs is 1. The van der Waals surface area contributed by atoms with E-state index < -0.39 is 4.92 Å². The standard InChI is InChI=1S/C20H23N3O5S2/c1-27-15-11-12(23(25)26)9-10-14(15)21-20(29)22-18-17(19(24)28-2)13-7-5-3-4-6-8-16(13)30-18/h9-11H,3-8H2,1-2H3,(H2,21,22,29). The second kappa shape index (κ2) is 9.86. The molecule has 0 atom stereocenters. The lowest BCUT2D eigenvalue weighted by Crippen LogP contribution is -2.20. The summed E-state index contributed by atoms with van der Waals surface area (Å²) in [6.07, 6.45) is 6.24. The number of hydrogen-bond acceptors (Lipinski definition) is 7. The smallest absolute Gasteiger partial charge is 0.341 e. The number of nitrogens with one attached hydrogen (secondary N) is 2. The molecule has 1 aliphatic rings. The molecule has 0 fully saturated rings. The number of methoxy groups -OCH3 is 2. The average molecular weight is 450 g/mol. The third kappa shape index (κ3) is 4.88. The Kier molecular flexibility index (Phi) is 7.22. The Labute approximate surface area is 183 Å². The highest BCUT2D eigenvalue weighted by molar-refractivity contribution is 7.80.